The molecule has 4 N–H and O–H groups in total. The lowest BCUT2D eigenvalue weighted by atomic mass is 9.96. The molecule has 0 saturated carbocycles. The number of alkyl halides is 3. The van der Waals surface area contributed by atoms with Gasteiger partial charge in [-0.05, 0) is 37.0 Å². The summed E-state index contributed by atoms with van der Waals surface area (Å²) >= 11 is 0. The second kappa shape index (κ2) is 5.93. The molecule has 1 fully saturated rings. The van der Waals surface area contributed by atoms with E-state index in [1.165, 1.54) is 6.07 Å². The van der Waals surface area contributed by atoms with Gasteiger partial charge in [-0.15, -0.1) is 0 Å². The zero-order valence-electron chi connectivity index (χ0n) is 11.5. The number of nitrogen functional groups attached to an aromatic ring is 1. The van der Waals surface area contributed by atoms with Gasteiger partial charge < -0.3 is 15.7 Å². The van der Waals surface area contributed by atoms with Crippen molar-refractivity contribution in [1.29, 1.82) is 5.41 Å². The van der Waals surface area contributed by atoms with Crippen molar-refractivity contribution in [3.63, 3.8) is 0 Å². The number of rotatable bonds is 3. The first-order chi connectivity index (χ1) is 9.82. The van der Waals surface area contributed by atoms with Crippen LogP contribution in [0.5, 0.6) is 0 Å². The molecule has 0 unspecified atom stereocenters. The first kappa shape index (κ1) is 15.6. The van der Waals surface area contributed by atoms with Crippen LogP contribution in [0.15, 0.2) is 18.2 Å². The Morgan fingerprint density at radius 1 is 1.33 bits per heavy atom. The summed E-state index contributed by atoms with van der Waals surface area (Å²) in [7, 11) is 0. The van der Waals surface area contributed by atoms with Gasteiger partial charge >= 0.3 is 6.18 Å². The molecule has 0 bridgehead atoms. The number of piperidine rings is 1. The van der Waals surface area contributed by atoms with E-state index in [0.717, 1.165) is 25.0 Å². The monoisotopic (exact) mass is 301 g/mol. The molecule has 0 aliphatic carbocycles. The molecule has 7 heteroatoms. The normalized spacial score (nSPS) is 17.0. The molecule has 0 aromatic heterocycles. The van der Waals surface area contributed by atoms with E-state index in [9.17, 15) is 13.2 Å². The van der Waals surface area contributed by atoms with E-state index in [0.29, 0.717) is 18.8 Å². The van der Waals surface area contributed by atoms with Crippen LogP contribution in [-0.2, 0) is 6.18 Å². The number of halogens is 3. The summed E-state index contributed by atoms with van der Waals surface area (Å²) < 4.78 is 38.2. The van der Waals surface area contributed by atoms with Crippen LogP contribution in [0.4, 0.5) is 18.9 Å². The molecule has 116 valence electrons. The highest BCUT2D eigenvalue weighted by atomic mass is 19.4. The minimum absolute atomic E-state index is 0.104. The van der Waals surface area contributed by atoms with E-state index in [1.807, 2.05) is 4.90 Å². The van der Waals surface area contributed by atoms with E-state index in [1.54, 1.807) is 0 Å². The van der Waals surface area contributed by atoms with Gasteiger partial charge in [-0.25, -0.2) is 0 Å². The second-order valence-electron chi connectivity index (χ2n) is 5.26. The van der Waals surface area contributed by atoms with Crippen LogP contribution in [0.2, 0.25) is 0 Å². The van der Waals surface area contributed by atoms with Crippen LogP contribution >= 0.6 is 0 Å². The third-order valence-corrected chi connectivity index (χ3v) is 3.83. The van der Waals surface area contributed by atoms with Crippen LogP contribution in [0.1, 0.15) is 24.0 Å². The number of aliphatic hydroxyl groups is 1. The maximum absolute atomic E-state index is 12.7. The van der Waals surface area contributed by atoms with Gasteiger partial charge in [0.2, 0.25) is 0 Å². The number of benzene rings is 1. The van der Waals surface area contributed by atoms with E-state index in [2.05, 4.69) is 0 Å². The van der Waals surface area contributed by atoms with Crippen molar-refractivity contribution < 1.29 is 18.3 Å². The lowest BCUT2D eigenvalue weighted by molar-refractivity contribution is -0.137. The lowest BCUT2D eigenvalue weighted by Gasteiger charge is -2.34. The van der Waals surface area contributed by atoms with Gasteiger partial charge in [-0.2, -0.15) is 13.2 Å². The van der Waals surface area contributed by atoms with Crippen LogP contribution < -0.4 is 10.6 Å². The van der Waals surface area contributed by atoms with Gasteiger partial charge in [-0.3, -0.25) is 5.41 Å². The molecule has 1 aliphatic rings. The minimum atomic E-state index is -4.45. The van der Waals surface area contributed by atoms with Gasteiger partial charge in [0.1, 0.15) is 5.84 Å². The second-order valence-corrected chi connectivity index (χ2v) is 5.26. The topological polar surface area (TPSA) is 73.3 Å². The summed E-state index contributed by atoms with van der Waals surface area (Å²) in [4.78, 5) is 1.92. The molecule has 1 aliphatic heterocycles. The fourth-order valence-electron chi connectivity index (χ4n) is 2.56. The summed E-state index contributed by atoms with van der Waals surface area (Å²) in [6.45, 7) is 1.40. The number of nitrogens with one attached hydrogen (secondary N) is 1. The van der Waals surface area contributed by atoms with E-state index in [4.69, 9.17) is 16.2 Å². The molecule has 0 spiro atoms. The maximum Gasteiger partial charge on any atom is 0.416 e. The van der Waals surface area contributed by atoms with Crippen LogP contribution in [0.25, 0.3) is 0 Å². The molecule has 1 saturated heterocycles. The van der Waals surface area contributed by atoms with Gasteiger partial charge in [0.05, 0.1) is 5.56 Å². The first-order valence-corrected chi connectivity index (χ1v) is 6.74. The number of amidine groups is 1. The highest BCUT2D eigenvalue weighted by molar-refractivity contribution is 6.00. The predicted molar refractivity (Wildman–Crippen MR) is 74.5 cm³/mol. The number of aliphatic hydroxyl groups excluding tert-OH is 1. The Hall–Kier alpha value is -1.76. The van der Waals surface area contributed by atoms with Crippen molar-refractivity contribution in [1.82, 2.24) is 0 Å². The zero-order valence-corrected chi connectivity index (χ0v) is 11.5. The molecule has 1 heterocycles. The fourth-order valence-corrected chi connectivity index (χ4v) is 2.56. The number of hydrogen-bond donors (Lipinski definition) is 3. The Morgan fingerprint density at radius 2 is 1.95 bits per heavy atom. The van der Waals surface area contributed by atoms with Gasteiger partial charge in [0.15, 0.2) is 0 Å². The summed E-state index contributed by atoms with van der Waals surface area (Å²) in [6.07, 6.45) is -2.91. The van der Waals surface area contributed by atoms with Crippen LogP contribution in [-0.4, -0.2) is 30.6 Å². The quantitative estimate of drug-likeness (QED) is 0.592. The molecule has 1 aromatic rings. The molecule has 0 amide bonds. The number of hydrogen-bond acceptors (Lipinski definition) is 3. The van der Waals surface area contributed by atoms with E-state index in [-0.39, 0.29) is 23.9 Å². The summed E-state index contributed by atoms with van der Waals surface area (Å²) in [5.74, 6) is -0.142. The van der Waals surface area contributed by atoms with Crippen LogP contribution in [0, 0.1) is 11.3 Å². The van der Waals surface area contributed by atoms with Gasteiger partial charge in [0.25, 0.3) is 0 Å². The summed E-state index contributed by atoms with van der Waals surface area (Å²) in [5.41, 5.74) is 5.28. The zero-order chi connectivity index (χ0) is 15.6. The van der Waals surface area contributed by atoms with E-state index >= 15 is 0 Å². The van der Waals surface area contributed by atoms with Gasteiger partial charge in [0, 0.05) is 30.9 Å². The van der Waals surface area contributed by atoms with E-state index < -0.39 is 11.7 Å². The summed E-state index contributed by atoms with van der Waals surface area (Å²) in [6, 6.07) is 3.31. The Balaban J connectivity index is 2.29. The number of anilines is 1. The van der Waals surface area contributed by atoms with Crippen molar-refractivity contribution in [3.05, 3.63) is 29.3 Å². The van der Waals surface area contributed by atoms with Crippen LogP contribution in [0.3, 0.4) is 0 Å². The fraction of sp³-hybridized carbons (Fsp3) is 0.500. The van der Waals surface area contributed by atoms with Gasteiger partial charge in [-0.1, -0.05) is 0 Å². The molecular formula is C14H18F3N3O. The minimum Gasteiger partial charge on any atom is -0.396 e. The van der Waals surface area contributed by atoms with Crippen molar-refractivity contribution in [3.8, 4) is 0 Å². The Bertz CT molecular complexity index is 523. The molecular weight excluding hydrogens is 283 g/mol. The lowest BCUT2D eigenvalue weighted by Crippen LogP contribution is -2.36. The molecule has 0 radical (unpaired) electrons. The third-order valence-electron chi connectivity index (χ3n) is 3.83. The Morgan fingerprint density at radius 3 is 2.43 bits per heavy atom. The molecule has 1 aromatic carbocycles. The van der Waals surface area contributed by atoms with Crippen molar-refractivity contribution in [2.45, 2.75) is 19.0 Å². The number of nitrogens with two attached hydrogens (primary N) is 1. The smallest absolute Gasteiger partial charge is 0.396 e. The average molecular weight is 301 g/mol. The van der Waals surface area contributed by atoms with Crippen molar-refractivity contribution in [2.24, 2.45) is 11.7 Å². The summed E-state index contributed by atoms with van der Waals surface area (Å²) in [5, 5.41) is 16.6. The SMILES string of the molecule is N=C(N)c1cc(C(F)(F)F)ccc1N1CCC(CO)CC1. The molecule has 0 atom stereocenters. The highest BCUT2D eigenvalue weighted by Gasteiger charge is 2.32. The van der Waals surface area contributed by atoms with Crippen molar-refractivity contribution in [2.75, 3.05) is 24.6 Å². The third kappa shape index (κ3) is 3.47. The Labute approximate surface area is 120 Å². The maximum atomic E-state index is 12.7. The standard InChI is InChI=1S/C14H18F3N3O/c15-14(16,17)10-1-2-12(11(7-10)13(18)19)20-5-3-9(8-21)4-6-20/h1-2,7,9,21H,3-6,8H2,(H3,18,19). The Kier molecular flexibility index (Phi) is 4.41. The van der Waals surface area contributed by atoms with Crippen molar-refractivity contribution >= 4 is 11.5 Å². The molecule has 21 heavy (non-hydrogen) atoms. The first-order valence-electron chi connectivity index (χ1n) is 6.74. The largest absolute Gasteiger partial charge is 0.416 e. The predicted octanol–water partition coefficient (Wildman–Crippen LogP) is 2.20. The average Bonchev–Trinajstić information content (AvgIpc) is 2.45. The molecule has 4 nitrogen and oxygen atoms in total. The molecule has 2 rings (SSSR count). The number of nitrogens with zero attached hydrogens (tertiary/aromatic N) is 1. The highest BCUT2D eigenvalue weighted by Crippen LogP contribution is 2.34.